The van der Waals surface area contributed by atoms with Crippen LogP contribution in [0.3, 0.4) is 0 Å². The molecular weight excluding hydrogens is 457 g/mol. The third-order valence-electron chi connectivity index (χ3n) is 5.02. The number of carbonyl (C=O) groups is 2. The monoisotopic (exact) mass is 478 g/mol. The number of carbonyl (C=O) groups excluding carboxylic acids is 2. The van der Waals surface area contributed by atoms with Crippen LogP contribution in [0, 0.1) is 0 Å². The highest BCUT2D eigenvalue weighted by Crippen LogP contribution is 2.35. The normalized spacial score (nSPS) is 14.1. The van der Waals surface area contributed by atoms with Crippen LogP contribution in [0.2, 0.25) is 0 Å². The SMILES string of the molecule is O=C(COC(=O)c1ccc(Cn2cccn2)o1)Nc1cc(C(F)(F)F)ccc1N1CCOCC1. The van der Waals surface area contributed by atoms with Crippen molar-refractivity contribution in [2.24, 2.45) is 0 Å². The zero-order valence-electron chi connectivity index (χ0n) is 17.9. The lowest BCUT2D eigenvalue weighted by Crippen LogP contribution is -2.37. The topological polar surface area (TPSA) is 98.8 Å². The van der Waals surface area contributed by atoms with E-state index in [-0.39, 0.29) is 11.4 Å². The minimum atomic E-state index is -4.58. The average Bonchev–Trinajstić information content (AvgIpc) is 3.50. The molecule has 9 nitrogen and oxygen atoms in total. The lowest BCUT2D eigenvalue weighted by Gasteiger charge is -2.31. The molecule has 1 saturated heterocycles. The highest BCUT2D eigenvalue weighted by atomic mass is 19.4. The van der Waals surface area contributed by atoms with Crippen molar-refractivity contribution in [1.29, 1.82) is 0 Å². The molecule has 1 aromatic carbocycles. The first-order valence-corrected chi connectivity index (χ1v) is 10.4. The molecule has 12 heteroatoms. The molecule has 2 aromatic heterocycles. The van der Waals surface area contributed by atoms with Gasteiger partial charge in [0.05, 0.1) is 36.7 Å². The largest absolute Gasteiger partial charge is 0.452 e. The summed E-state index contributed by atoms with van der Waals surface area (Å²) in [5, 5.41) is 6.46. The lowest BCUT2D eigenvalue weighted by atomic mass is 10.1. The molecule has 0 unspecified atom stereocenters. The quantitative estimate of drug-likeness (QED) is 0.521. The molecule has 1 fully saturated rings. The Morgan fingerprint density at radius 1 is 1.15 bits per heavy atom. The van der Waals surface area contributed by atoms with E-state index >= 15 is 0 Å². The molecule has 4 rings (SSSR count). The van der Waals surface area contributed by atoms with Gasteiger partial charge in [0.2, 0.25) is 5.76 Å². The van der Waals surface area contributed by atoms with Crippen molar-refractivity contribution in [2.45, 2.75) is 12.7 Å². The van der Waals surface area contributed by atoms with E-state index in [2.05, 4.69) is 10.4 Å². The van der Waals surface area contributed by atoms with E-state index in [0.29, 0.717) is 44.3 Å². The van der Waals surface area contributed by atoms with Crippen LogP contribution in [-0.2, 0) is 27.0 Å². The zero-order chi connectivity index (χ0) is 24.1. The molecule has 0 bridgehead atoms. The Morgan fingerprint density at radius 2 is 1.94 bits per heavy atom. The minimum absolute atomic E-state index is 0.0303. The maximum atomic E-state index is 13.2. The van der Waals surface area contributed by atoms with E-state index in [0.717, 1.165) is 12.1 Å². The number of benzene rings is 1. The van der Waals surface area contributed by atoms with Crippen LogP contribution in [0.25, 0.3) is 0 Å². The number of ether oxygens (including phenoxy) is 2. The number of halogens is 3. The zero-order valence-corrected chi connectivity index (χ0v) is 17.9. The summed E-state index contributed by atoms with van der Waals surface area (Å²) in [7, 11) is 0. The first kappa shape index (κ1) is 23.4. The van der Waals surface area contributed by atoms with Gasteiger partial charge in [0.15, 0.2) is 6.61 Å². The number of nitrogens with one attached hydrogen (secondary N) is 1. The minimum Gasteiger partial charge on any atom is -0.452 e. The Labute approximate surface area is 192 Å². The standard InChI is InChI=1S/C22H21F3N4O5/c23-22(24,25)15-2-4-18(28-8-10-32-11-9-28)17(12-15)27-20(30)14-33-21(31)19-5-3-16(34-19)13-29-7-1-6-26-29/h1-7,12H,8-11,13-14H2,(H,27,30). The van der Waals surface area contributed by atoms with Crippen molar-refractivity contribution in [3.8, 4) is 0 Å². The second kappa shape index (κ2) is 10.00. The smallest absolute Gasteiger partial charge is 0.416 e. The van der Waals surface area contributed by atoms with E-state index in [4.69, 9.17) is 13.9 Å². The summed E-state index contributed by atoms with van der Waals surface area (Å²) in [6.07, 6.45) is -1.25. The number of alkyl halides is 3. The van der Waals surface area contributed by atoms with Crippen LogP contribution in [0.1, 0.15) is 21.9 Å². The van der Waals surface area contributed by atoms with Gasteiger partial charge < -0.3 is 24.1 Å². The molecule has 0 saturated carbocycles. The second-order valence-corrected chi connectivity index (χ2v) is 7.42. The van der Waals surface area contributed by atoms with Gasteiger partial charge in [-0.15, -0.1) is 0 Å². The highest BCUT2D eigenvalue weighted by molar-refractivity contribution is 5.97. The predicted molar refractivity (Wildman–Crippen MR) is 113 cm³/mol. The number of hydrogen-bond donors (Lipinski definition) is 1. The van der Waals surface area contributed by atoms with Crippen LogP contribution in [0.15, 0.2) is 53.2 Å². The molecule has 0 spiro atoms. The lowest BCUT2D eigenvalue weighted by molar-refractivity contribution is -0.137. The van der Waals surface area contributed by atoms with E-state index in [9.17, 15) is 22.8 Å². The molecule has 1 aliphatic heterocycles. The molecule has 34 heavy (non-hydrogen) atoms. The van der Waals surface area contributed by atoms with Crippen molar-refractivity contribution in [3.63, 3.8) is 0 Å². The number of furan rings is 1. The number of anilines is 2. The number of nitrogens with zero attached hydrogens (tertiary/aromatic N) is 3. The molecule has 0 atom stereocenters. The number of esters is 1. The highest BCUT2D eigenvalue weighted by Gasteiger charge is 2.32. The Hall–Kier alpha value is -3.80. The van der Waals surface area contributed by atoms with Gasteiger partial charge in [0, 0.05) is 25.5 Å². The van der Waals surface area contributed by atoms with E-state index < -0.39 is 30.2 Å². The maximum Gasteiger partial charge on any atom is 0.416 e. The summed E-state index contributed by atoms with van der Waals surface area (Å²) in [6, 6.07) is 7.85. The Kier molecular flexibility index (Phi) is 6.87. The summed E-state index contributed by atoms with van der Waals surface area (Å²) < 4.78 is 56.9. The average molecular weight is 478 g/mol. The van der Waals surface area contributed by atoms with Crippen LogP contribution >= 0.6 is 0 Å². The molecule has 180 valence electrons. The predicted octanol–water partition coefficient (Wildman–Crippen LogP) is 3.18. The van der Waals surface area contributed by atoms with Crippen LogP contribution < -0.4 is 10.2 Å². The molecule has 1 amide bonds. The molecule has 1 N–H and O–H groups in total. The Bertz CT molecular complexity index is 1140. The van der Waals surface area contributed by atoms with Gasteiger partial charge in [-0.1, -0.05) is 0 Å². The van der Waals surface area contributed by atoms with E-state index in [1.54, 1.807) is 29.2 Å². The molecule has 1 aliphatic rings. The van der Waals surface area contributed by atoms with Gasteiger partial charge in [0.1, 0.15) is 5.76 Å². The van der Waals surface area contributed by atoms with Gasteiger partial charge in [0.25, 0.3) is 5.91 Å². The molecular formula is C22H21F3N4O5. The van der Waals surface area contributed by atoms with Gasteiger partial charge in [-0.2, -0.15) is 18.3 Å². The second-order valence-electron chi connectivity index (χ2n) is 7.42. The van der Waals surface area contributed by atoms with Crippen LogP contribution in [0.5, 0.6) is 0 Å². The third-order valence-corrected chi connectivity index (χ3v) is 5.02. The first-order valence-electron chi connectivity index (χ1n) is 10.4. The molecule has 3 aromatic rings. The molecule has 3 heterocycles. The first-order chi connectivity index (χ1) is 16.3. The van der Waals surface area contributed by atoms with Crippen molar-refractivity contribution in [1.82, 2.24) is 9.78 Å². The number of hydrogen-bond acceptors (Lipinski definition) is 7. The fourth-order valence-corrected chi connectivity index (χ4v) is 3.41. The van der Waals surface area contributed by atoms with Gasteiger partial charge in [-0.05, 0) is 36.4 Å². The van der Waals surface area contributed by atoms with Crippen LogP contribution in [-0.4, -0.2) is 54.6 Å². The fourth-order valence-electron chi connectivity index (χ4n) is 3.41. The fraction of sp³-hybridized carbons (Fsp3) is 0.318. The molecule has 0 aliphatic carbocycles. The van der Waals surface area contributed by atoms with Crippen LogP contribution in [0.4, 0.5) is 24.5 Å². The summed E-state index contributed by atoms with van der Waals surface area (Å²) in [6.45, 7) is 1.35. The number of morpholine rings is 1. The maximum absolute atomic E-state index is 13.2. The van der Waals surface area contributed by atoms with Gasteiger partial charge >= 0.3 is 12.1 Å². The number of amides is 1. The third kappa shape index (κ3) is 5.76. The van der Waals surface area contributed by atoms with E-state index in [1.807, 2.05) is 4.90 Å². The summed E-state index contributed by atoms with van der Waals surface area (Å²) in [5.74, 6) is -1.31. The van der Waals surface area contributed by atoms with Gasteiger partial charge in [-0.25, -0.2) is 4.79 Å². The number of aromatic nitrogens is 2. The summed E-state index contributed by atoms with van der Waals surface area (Å²) >= 11 is 0. The Balaban J connectivity index is 1.40. The van der Waals surface area contributed by atoms with Gasteiger partial charge in [-0.3, -0.25) is 9.48 Å². The van der Waals surface area contributed by atoms with Crippen molar-refractivity contribution >= 4 is 23.3 Å². The van der Waals surface area contributed by atoms with Crippen molar-refractivity contribution < 1.29 is 36.7 Å². The summed E-state index contributed by atoms with van der Waals surface area (Å²) in [4.78, 5) is 26.4. The Morgan fingerprint density at radius 3 is 2.65 bits per heavy atom. The van der Waals surface area contributed by atoms with Crippen molar-refractivity contribution in [2.75, 3.05) is 43.1 Å². The van der Waals surface area contributed by atoms with Crippen molar-refractivity contribution in [3.05, 3.63) is 65.9 Å². The molecule has 0 radical (unpaired) electrons. The van der Waals surface area contributed by atoms with E-state index in [1.165, 1.54) is 12.1 Å². The number of rotatable bonds is 7. The summed E-state index contributed by atoms with van der Waals surface area (Å²) in [5.41, 5.74) is -0.514.